The molecule has 236 valence electrons. The number of benzene rings is 3. The van der Waals surface area contributed by atoms with Crippen LogP contribution in [-0.4, -0.2) is 37.9 Å². The molecule has 0 aliphatic carbocycles. The quantitative estimate of drug-likeness (QED) is 0.234. The van der Waals surface area contributed by atoms with E-state index in [1.54, 1.807) is 44.4 Å². The lowest BCUT2D eigenvalue weighted by Crippen LogP contribution is -2.40. The highest BCUT2D eigenvalue weighted by molar-refractivity contribution is 7.07. The minimum atomic E-state index is -0.815. The predicted octanol–water partition coefficient (Wildman–Crippen LogP) is 5.26. The molecule has 0 unspecified atom stereocenters. The second-order valence-electron chi connectivity index (χ2n) is 10.2. The number of nitrogens with zero attached hydrogens (tertiary/aromatic N) is 2. The van der Waals surface area contributed by atoms with Gasteiger partial charge in [-0.25, -0.2) is 4.99 Å². The smallest absolute Gasteiger partial charge is 0.271 e. The number of hydrogen-bond donors (Lipinski definition) is 1. The number of ether oxygens (including phenoxy) is 4. The molecule has 2 heterocycles. The topological polar surface area (TPSA) is 100 Å². The van der Waals surface area contributed by atoms with E-state index in [9.17, 15) is 9.59 Å². The van der Waals surface area contributed by atoms with Gasteiger partial charge in [0.05, 0.1) is 47.7 Å². The summed E-state index contributed by atoms with van der Waals surface area (Å²) in [5.74, 6) is 3.75. The van der Waals surface area contributed by atoms with Gasteiger partial charge in [-0.1, -0.05) is 53.1 Å². The number of carbonyl (C=O) groups is 1. The van der Waals surface area contributed by atoms with Gasteiger partial charge in [0.1, 0.15) is 6.61 Å². The van der Waals surface area contributed by atoms with Crippen LogP contribution in [0.15, 0.2) is 75.7 Å². The monoisotopic (exact) mass is 657 g/mol. The van der Waals surface area contributed by atoms with E-state index in [1.165, 1.54) is 23.0 Å². The van der Waals surface area contributed by atoms with Crippen molar-refractivity contribution in [2.24, 2.45) is 4.99 Å². The maximum absolute atomic E-state index is 14.2. The number of halogens is 1. The molecular weight excluding hydrogens is 626 g/mol. The number of fused-ring (bicyclic) bond motifs is 1. The van der Waals surface area contributed by atoms with Crippen molar-refractivity contribution in [1.82, 2.24) is 4.57 Å². The number of nitrogens with one attached hydrogen (secondary N) is 1. The molecule has 5 rings (SSSR count). The van der Waals surface area contributed by atoms with Gasteiger partial charge in [0.15, 0.2) is 27.8 Å². The molecule has 1 aromatic heterocycles. The molecule has 1 amide bonds. The molecule has 4 aromatic rings. The summed E-state index contributed by atoms with van der Waals surface area (Å²) < 4.78 is 24.3. The number of amides is 1. The lowest BCUT2D eigenvalue weighted by Gasteiger charge is -2.26. The molecule has 1 aliphatic rings. The molecule has 0 fully saturated rings. The summed E-state index contributed by atoms with van der Waals surface area (Å²) in [6.07, 6.45) is 7.07. The molecule has 0 bridgehead atoms. The van der Waals surface area contributed by atoms with E-state index < -0.39 is 6.04 Å². The third-order valence-electron chi connectivity index (χ3n) is 7.31. The number of aromatic nitrogens is 1. The first-order valence-electron chi connectivity index (χ1n) is 14.3. The number of thiazole rings is 1. The van der Waals surface area contributed by atoms with E-state index in [0.717, 1.165) is 5.56 Å². The van der Waals surface area contributed by atoms with E-state index in [4.69, 9.17) is 42.0 Å². The fraction of sp³-hybridized carbons (Fsp3) is 0.229. The van der Waals surface area contributed by atoms with Crippen LogP contribution in [-0.2, 0) is 4.79 Å². The van der Waals surface area contributed by atoms with Crippen LogP contribution in [0.3, 0.4) is 0 Å². The number of methoxy groups -OCH3 is 2. The summed E-state index contributed by atoms with van der Waals surface area (Å²) in [7, 11) is 3.08. The van der Waals surface area contributed by atoms with Crippen molar-refractivity contribution < 1.29 is 23.7 Å². The van der Waals surface area contributed by atoms with E-state index in [-0.39, 0.29) is 23.1 Å². The largest absolute Gasteiger partial charge is 0.493 e. The van der Waals surface area contributed by atoms with E-state index in [2.05, 4.69) is 11.2 Å². The Kier molecular flexibility index (Phi) is 9.85. The number of aryl methyl sites for hydroxylation is 1. The molecule has 1 N–H and O–H groups in total. The van der Waals surface area contributed by atoms with Crippen molar-refractivity contribution in [2.75, 3.05) is 32.8 Å². The highest BCUT2D eigenvalue weighted by Gasteiger charge is 2.33. The molecule has 9 nitrogen and oxygen atoms in total. The second-order valence-corrected chi connectivity index (χ2v) is 11.6. The Hall–Kier alpha value is -4.98. The van der Waals surface area contributed by atoms with Crippen molar-refractivity contribution >= 4 is 40.6 Å². The minimum absolute atomic E-state index is 0.0208. The van der Waals surface area contributed by atoms with Gasteiger partial charge in [0.25, 0.3) is 11.5 Å². The number of anilines is 1. The number of carbonyl (C=O) groups excluding carboxylic acids is 1. The molecular formula is C35H32ClN3O6S. The molecule has 1 atom stereocenters. The van der Waals surface area contributed by atoms with Crippen molar-refractivity contribution in [3.63, 3.8) is 0 Å². The standard InChI is InChI=1S/C35H32ClN3O6S/c1-7-15-45-32-24(36)16-22(17-28(32)44-8-2)18-29-34(41)39-31(23-13-14-26(42-5)27(19-23)43-6)30(21(4)37-35(39)46-29)33(40)38-25-12-10-9-11-20(25)3/h1,9-14,16-19,31H,8,15H2,2-6H3,(H,38,40)/b29-18-/t31-/m0/s1. The average Bonchev–Trinajstić information content (AvgIpc) is 3.34. The summed E-state index contributed by atoms with van der Waals surface area (Å²) in [4.78, 5) is 33.4. The lowest BCUT2D eigenvalue weighted by atomic mass is 9.94. The number of rotatable bonds is 10. The predicted molar refractivity (Wildman–Crippen MR) is 180 cm³/mol. The molecule has 0 saturated carbocycles. The van der Waals surface area contributed by atoms with Gasteiger partial charge in [0.2, 0.25) is 0 Å². The summed E-state index contributed by atoms with van der Waals surface area (Å²) in [6, 6.07) is 15.4. The lowest BCUT2D eigenvalue weighted by molar-refractivity contribution is -0.113. The fourth-order valence-corrected chi connectivity index (χ4v) is 6.51. The zero-order valence-electron chi connectivity index (χ0n) is 26.0. The molecule has 11 heteroatoms. The van der Waals surface area contributed by atoms with Crippen LogP contribution in [0.4, 0.5) is 5.69 Å². The Morgan fingerprint density at radius 1 is 1.09 bits per heavy atom. The van der Waals surface area contributed by atoms with Crippen molar-refractivity contribution in [2.45, 2.75) is 26.8 Å². The van der Waals surface area contributed by atoms with Crippen molar-refractivity contribution in [1.29, 1.82) is 0 Å². The Morgan fingerprint density at radius 2 is 1.85 bits per heavy atom. The number of para-hydroxylation sites is 1. The maximum atomic E-state index is 14.2. The Bertz CT molecular complexity index is 2070. The summed E-state index contributed by atoms with van der Waals surface area (Å²) in [5.41, 5.74) is 3.29. The zero-order valence-corrected chi connectivity index (χ0v) is 27.5. The molecule has 0 saturated heterocycles. The second kappa shape index (κ2) is 14.0. The Morgan fingerprint density at radius 3 is 2.54 bits per heavy atom. The van der Waals surface area contributed by atoms with Gasteiger partial charge in [-0.3, -0.25) is 14.2 Å². The van der Waals surface area contributed by atoms with Crippen LogP contribution >= 0.6 is 22.9 Å². The number of terminal acetylenes is 1. The first-order valence-corrected chi connectivity index (χ1v) is 15.5. The fourth-order valence-electron chi connectivity index (χ4n) is 5.19. The molecule has 0 spiro atoms. The van der Waals surface area contributed by atoms with Crippen molar-refractivity contribution in [3.05, 3.63) is 107 Å². The maximum Gasteiger partial charge on any atom is 0.271 e. The van der Waals surface area contributed by atoms with Crippen LogP contribution in [0.5, 0.6) is 23.0 Å². The van der Waals surface area contributed by atoms with Gasteiger partial charge >= 0.3 is 0 Å². The summed E-state index contributed by atoms with van der Waals surface area (Å²) in [5, 5.41) is 3.30. The van der Waals surface area contributed by atoms with E-state index in [1.807, 2.05) is 44.2 Å². The first kappa shape index (κ1) is 32.4. The van der Waals surface area contributed by atoms with Crippen LogP contribution < -0.4 is 39.2 Å². The molecule has 3 aromatic carbocycles. The van der Waals surface area contributed by atoms with Crippen LogP contribution in [0, 0.1) is 19.3 Å². The summed E-state index contributed by atoms with van der Waals surface area (Å²) >= 11 is 7.76. The molecule has 1 aliphatic heterocycles. The SMILES string of the molecule is C#CCOc1c(Cl)cc(/C=c2\sc3n(c2=O)[C@@H](c2ccc(OC)c(OC)c2)C(C(=O)Nc2ccccc2C)=C(C)N=3)cc1OCC. The average molecular weight is 658 g/mol. The van der Waals surface area contributed by atoms with Gasteiger partial charge in [-0.2, -0.15) is 0 Å². The van der Waals surface area contributed by atoms with Gasteiger partial charge in [-0.15, -0.1) is 6.42 Å². The highest BCUT2D eigenvalue weighted by Crippen LogP contribution is 2.38. The van der Waals surface area contributed by atoms with Crippen LogP contribution in [0.2, 0.25) is 5.02 Å². The van der Waals surface area contributed by atoms with Crippen molar-refractivity contribution in [3.8, 4) is 35.3 Å². The Balaban J connectivity index is 1.68. The van der Waals surface area contributed by atoms with E-state index in [0.29, 0.717) is 67.0 Å². The van der Waals surface area contributed by atoms with E-state index >= 15 is 0 Å². The normalized spacial score (nSPS) is 14.2. The Labute approximate surface area is 275 Å². The minimum Gasteiger partial charge on any atom is -0.493 e. The third-order valence-corrected chi connectivity index (χ3v) is 8.58. The highest BCUT2D eigenvalue weighted by atomic mass is 35.5. The molecule has 46 heavy (non-hydrogen) atoms. The molecule has 0 radical (unpaired) electrons. The first-order chi connectivity index (χ1) is 22.2. The van der Waals surface area contributed by atoms with Gasteiger partial charge in [0, 0.05) is 5.69 Å². The third kappa shape index (κ3) is 6.38. The van der Waals surface area contributed by atoms with Crippen LogP contribution in [0.25, 0.3) is 6.08 Å². The number of hydrogen-bond acceptors (Lipinski definition) is 8. The van der Waals surface area contributed by atoms with Gasteiger partial charge < -0.3 is 24.3 Å². The number of allylic oxidation sites excluding steroid dienone is 1. The van der Waals surface area contributed by atoms with Crippen LogP contribution in [0.1, 0.15) is 36.6 Å². The summed E-state index contributed by atoms with van der Waals surface area (Å²) in [6.45, 7) is 5.90. The van der Waals surface area contributed by atoms with Gasteiger partial charge in [-0.05, 0) is 73.9 Å². The zero-order chi connectivity index (χ0) is 33.0.